The van der Waals surface area contributed by atoms with Gasteiger partial charge in [0.05, 0.1) is 18.2 Å². The number of nitrogens with one attached hydrogen (secondary N) is 1. The lowest BCUT2D eigenvalue weighted by Crippen LogP contribution is -2.38. The Balaban J connectivity index is 1.52. The highest BCUT2D eigenvalue weighted by atomic mass is 32.1. The van der Waals surface area contributed by atoms with Crippen LogP contribution in [0, 0.1) is 25.2 Å². The number of nitriles is 1. The Bertz CT molecular complexity index is 1200. The molecule has 0 atom stereocenters. The van der Waals surface area contributed by atoms with E-state index in [1.165, 1.54) is 5.56 Å². The van der Waals surface area contributed by atoms with Gasteiger partial charge in [-0.3, -0.25) is 0 Å². The molecular formula is C25H27N5OS. The summed E-state index contributed by atoms with van der Waals surface area (Å²) in [6.07, 6.45) is 0.928. The minimum atomic E-state index is 0.620. The van der Waals surface area contributed by atoms with E-state index in [9.17, 15) is 5.26 Å². The Kier molecular flexibility index (Phi) is 6.42. The summed E-state index contributed by atoms with van der Waals surface area (Å²) >= 11 is 5.68. The Morgan fingerprint density at radius 3 is 2.75 bits per heavy atom. The van der Waals surface area contributed by atoms with Crippen LogP contribution in [0.5, 0.6) is 5.75 Å². The molecule has 0 unspecified atom stereocenters. The first-order chi connectivity index (χ1) is 15.5. The maximum absolute atomic E-state index is 9.80. The zero-order valence-corrected chi connectivity index (χ0v) is 19.5. The number of aryl methyl sites for hydroxylation is 2. The van der Waals surface area contributed by atoms with Gasteiger partial charge in [-0.2, -0.15) is 5.26 Å². The van der Waals surface area contributed by atoms with Crippen molar-refractivity contribution < 1.29 is 4.74 Å². The van der Waals surface area contributed by atoms with Crippen molar-refractivity contribution in [3.05, 3.63) is 59.2 Å². The normalized spacial score (nSPS) is 14.1. The first-order valence-corrected chi connectivity index (χ1v) is 11.2. The summed E-state index contributed by atoms with van der Waals surface area (Å²) in [6, 6.07) is 16.3. The summed E-state index contributed by atoms with van der Waals surface area (Å²) < 4.78 is 5.30. The fourth-order valence-electron chi connectivity index (χ4n) is 4.18. The molecule has 1 aromatic heterocycles. The van der Waals surface area contributed by atoms with E-state index in [4.69, 9.17) is 21.9 Å². The molecular weight excluding hydrogens is 418 g/mol. The number of hydrogen-bond acceptors (Lipinski definition) is 5. The number of pyridine rings is 1. The molecule has 0 amide bonds. The van der Waals surface area contributed by atoms with Gasteiger partial charge in [-0.25, -0.2) is 4.98 Å². The minimum absolute atomic E-state index is 0.620. The van der Waals surface area contributed by atoms with Crippen LogP contribution in [0.3, 0.4) is 0 Å². The van der Waals surface area contributed by atoms with Crippen molar-refractivity contribution in [2.75, 3.05) is 43.5 Å². The topological polar surface area (TPSA) is 64.4 Å². The van der Waals surface area contributed by atoms with Gasteiger partial charge in [0.25, 0.3) is 0 Å². The van der Waals surface area contributed by atoms with Crippen molar-refractivity contribution >= 4 is 39.7 Å². The summed E-state index contributed by atoms with van der Waals surface area (Å²) in [5.41, 5.74) is 4.78. The molecule has 1 fully saturated rings. The maximum atomic E-state index is 9.80. The highest BCUT2D eigenvalue weighted by Crippen LogP contribution is 2.27. The van der Waals surface area contributed by atoms with Crippen LogP contribution >= 0.6 is 12.2 Å². The molecule has 164 valence electrons. The molecule has 1 aliphatic heterocycles. The third-order valence-electron chi connectivity index (χ3n) is 5.79. The van der Waals surface area contributed by atoms with Gasteiger partial charge < -0.3 is 19.9 Å². The molecule has 2 aromatic carbocycles. The van der Waals surface area contributed by atoms with Gasteiger partial charge in [-0.15, -0.1) is 0 Å². The predicted octanol–water partition coefficient (Wildman–Crippen LogP) is 4.64. The highest BCUT2D eigenvalue weighted by Gasteiger charge is 2.21. The van der Waals surface area contributed by atoms with E-state index in [2.05, 4.69) is 47.2 Å². The van der Waals surface area contributed by atoms with Crippen LogP contribution in [-0.4, -0.2) is 48.3 Å². The standard InChI is InChI=1S/C25H27N5OS/c1-17-12-18(2)22-14-19(16-26)24(28-23(22)13-17)29-8-5-9-30(11-10-29)25(32)27-20-6-4-7-21(15-20)31-3/h4,6-7,12-15H,5,8-11H2,1-3H3,(H,27,32). The minimum Gasteiger partial charge on any atom is -0.497 e. The molecule has 0 radical (unpaired) electrons. The molecule has 0 bridgehead atoms. The van der Waals surface area contributed by atoms with Gasteiger partial charge in [-0.1, -0.05) is 12.1 Å². The van der Waals surface area contributed by atoms with E-state index >= 15 is 0 Å². The largest absolute Gasteiger partial charge is 0.497 e. The van der Waals surface area contributed by atoms with Crippen LogP contribution in [0.2, 0.25) is 0 Å². The fourth-order valence-corrected chi connectivity index (χ4v) is 4.48. The zero-order valence-electron chi connectivity index (χ0n) is 18.7. The number of aromatic nitrogens is 1. The SMILES string of the molecule is COc1cccc(NC(=S)N2CCCN(c3nc4cc(C)cc(C)c4cc3C#N)CC2)c1. The second-order valence-corrected chi connectivity index (χ2v) is 8.50. The molecule has 1 saturated heterocycles. The number of hydrogen-bond donors (Lipinski definition) is 1. The van der Waals surface area contributed by atoms with Crippen molar-refractivity contribution in [1.29, 1.82) is 5.26 Å². The molecule has 2 heterocycles. The fraction of sp³-hybridized carbons (Fsp3) is 0.320. The molecule has 1 N–H and O–H groups in total. The molecule has 0 saturated carbocycles. The average Bonchev–Trinajstić information content (AvgIpc) is 3.04. The van der Waals surface area contributed by atoms with E-state index < -0.39 is 0 Å². The van der Waals surface area contributed by atoms with Crippen molar-refractivity contribution in [2.24, 2.45) is 0 Å². The van der Waals surface area contributed by atoms with E-state index in [0.29, 0.717) is 10.7 Å². The Hall–Kier alpha value is -3.37. The van der Waals surface area contributed by atoms with Crippen molar-refractivity contribution in [3.63, 3.8) is 0 Å². The van der Waals surface area contributed by atoms with Crippen LogP contribution in [0.4, 0.5) is 11.5 Å². The number of thiocarbonyl (C=S) groups is 1. The molecule has 0 aliphatic carbocycles. The predicted molar refractivity (Wildman–Crippen MR) is 134 cm³/mol. The lowest BCUT2D eigenvalue weighted by Gasteiger charge is -2.25. The smallest absolute Gasteiger partial charge is 0.173 e. The zero-order chi connectivity index (χ0) is 22.7. The Labute approximate surface area is 194 Å². The summed E-state index contributed by atoms with van der Waals surface area (Å²) in [4.78, 5) is 9.30. The summed E-state index contributed by atoms with van der Waals surface area (Å²) in [5, 5.41) is 14.9. The molecule has 0 spiro atoms. The molecule has 7 heteroatoms. The third kappa shape index (κ3) is 4.61. The van der Waals surface area contributed by atoms with E-state index in [-0.39, 0.29) is 0 Å². The molecule has 32 heavy (non-hydrogen) atoms. The van der Waals surface area contributed by atoms with Crippen LogP contribution in [0.25, 0.3) is 10.9 Å². The quantitative estimate of drug-likeness (QED) is 0.589. The van der Waals surface area contributed by atoms with Crippen molar-refractivity contribution in [2.45, 2.75) is 20.3 Å². The van der Waals surface area contributed by atoms with Crippen LogP contribution in [0.15, 0.2) is 42.5 Å². The number of nitrogens with zero attached hydrogens (tertiary/aromatic N) is 4. The molecule has 6 nitrogen and oxygen atoms in total. The Morgan fingerprint density at radius 1 is 1.12 bits per heavy atom. The molecule has 3 aromatic rings. The van der Waals surface area contributed by atoms with Crippen molar-refractivity contribution in [1.82, 2.24) is 9.88 Å². The van der Waals surface area contributed by atoms with Crippen LogP contribution in [0.1, 0.15) is 23.1 Å². The second-order valence-electron chi connectivity index (χ2n) is 8.11. The summed E-state index contributed by atoms with van der Waals surface area (Å²) in [6.45, 7) is 7.32. The lowest BCUT2D eigenvalue weighted by molar-refractivity contribution is 0.415. The van der Waals surface area contributed by atoms with Crippen LogP contribution in [-0.2, 0) is 0 Å². The van der Waals surface area contributed by atoms with E-state index in [1.54, 1.807) is 7.11 Å². The first kappa shape index (κ1) is 21.8. The number of methoxy groups -OCH3 is 1. The van der Waals surface area contributed by atoms with E-state index in [1.807, 2.05) is 30.3 Å². The molecule has 1 aliphatic rings. The molecule has 4 rings (SSSR count). The van der Waals surface area contributed by atoms with Gasteiger partial charge in [0.1, 0.15) is 17.6 Å². The van der Waals surface area contributed by atoms with Gasteiger partial charge in [0.2, 0.25) is 0 Å². The number of anilines is 2. The highest BCUT2D eigenvalue weighted by molar-refractivity contribution is 7.80. The van der Waals surface area contributed by atoms with Crippen LogP contribution < -0.4 is 15.0 Å². The second kappa shape index (κ2) is 9.41. The number of ether oxygens (including phenoxy) is 1. The number of fused-ring (bicyclic) bond motifs is 1. The number of benzene rings is 2. The Morgan fingerprint density at radius 2 is 1.97 bits per heavy atom. The first-order valence-electron chi connectivity index (χ1n) is 10.8. The average molecular weight is 446 g/mol. The summed E-state index contributed by atoms with van der Waals surface area (Å²) in [5.74, 6) is 1.55. The third-order valence-corrected chi connectivity index (χ3v) is 6.15. The number of rotatable bonds is 3. The van der Waals surface area contributed by atoms with Gasteiger partial charge >= 0.3 is 0 Å². The van der Waals surface area contributed by atoms with E-state index in [0.717, 1.165) is 66.3 Å². The van der Waals surface area contributed by atoms with Gasteiger partial charge in [-0.05, 0) is 67.9 Å². The van der Waals surface area contributed by atoms with Crippen molar-refractivity contribution in [3.8, 4) is 11.8 Å². The van der Waals surface area contributed by atoms with Gasteiger partial charge in [0.15, 0.2) is 5.11 Å². The lowest BCUT2D eigenvalue weighted by atomic mass is 10.0. The maximum Gasteiger partial charge on any atom is 0.173 e. The summed E-state index contributed by atoms with van der Waals surface area (Å²) in [7, 11) is 1.65. The van der Waals surface area contributed by atoms with Gasteiger partial charge in [0, 0.05) is 43.3 Å². The monoisotopic (exact) mass is 445 g/mol.